The number of aromatic amines is 2. The maximum absolute atomic E-state index is 12.2. The number of hydrogen-bond donors (Lipinski definition) is 5. The first kappa shape index (κ1) is 19.1. The molecule has 1 aliphatic rings. The van der Waals surface area contributed by atoms with Gasteiger partial charge in [0.2, 0.25) is 15.9 Å². The predicted octanol–water partition coefficient (Wildman–Crippen LogP) is 0.0496. The van der Waals surface area contributed by atoms with Crippen molar-refractivity contribution in [3.63, 3.8) is 0 Å². The van der Waals surface area contributed by atoms with Crippen LogP contribution in [0.3, 0.4) is 0 Å². The van der Waals surface area contributed by atoms with Gasteiger partial charge in [0.05, 0.1) is 17.1 Å². The predicted molar refractivity (Wildman–Crippen MR) is 112 cm³/mol. The van der Waals surface area contributed by atoms with E-state index in [9.17, 15) is 18.3 Å². The molecule has 1 fully saturated rings. The second-order valence-electron chi connectivity index (χ2n) is 7.27. The maximum atomic E-state index is 12.2. The number of nitrogens with zero attached hydrogens (tertiary/aromatic N) is 3. The lowest BCUT2D eigenvalue weighted by Crippen LogP contribution is -2.18. The van der Waals surface area contributed by atoms with Gasteiger partial charge in [-0.25, -0.2) is 18.2 Å². The number of aromatic nitrogens is 5. The van der Waals surface area contributed by atoms with Crippen LogP contribution < -0.4 is 21.1 Å². The van der Waals surface area contributed by atoms with Crippen LogP contribution in [0.25, 0.3) is 23.0 Å². The molecular weight excluding hydrogens is 422 g/mol. The van der Waals surface area contributed by atoms with Gasteiger partial charge < -0.3 is 10.1 Å². The minimum atomic E-state index is -3.40. The molecule has 0 bridgehead atoms. The standard InChI is InChI=1S/C19H17N7O4S/c20-16-8-14(10-2-1-3-12(6-10)25-31(29,30)13-4-5-13)22-17-11(9-21-26(16)17)7-15-18(27)24-19(28)23-15/h1-3,6-9,13,20,25,27H,4-5H2,(H2,23,24,28). The lowest BCUT2D eigenvalue weighted by Gasteiger charge is -2.09. The minimum absolute atomic E-state index is 0.0652. The Morgan fingerprint density at radius 1 is 1.26 bits per heavy atom. The average Bonchev–Trinajstić information content (AvgIpc) is 3.44. The Bertz CT molecular complexity index is 1600. The Balaban J connectivity index is 1.60. The molecule has 31 heavy (non-hydrogen) atoms. The summed E-state index contributed by atoms with van der Waals surface area (Å²) in [5.74, 6) is -0.317. The number of hydrogen-bond acceptors (Lipinski definition) is 7. The Kier molecular flexibility index (Phi) is 4.18. The summed E-state index contributed by atoms with van der Waals surface area (Å²) >= 11 is 0. The van der Waals surface area contributed by atoms with E-state index in [0.717, 1.165) is 0 Å². The Labute approximate surface area is 174 Å². The molecule has 12 heteroatoms. The van der Waals surface area contributed by atoms with E-state index >= 15 is 0 Å². The second-order valence-corrected chi connectivity index (χ2v) is 9.24. The number of imidazole rings is 1. The summed E-state index contributed by atoms with van der Waals surface area (Å²) < 4.78 is 28.4. The maximum Gasteiger partial charge on any atom is 0.326 e. The van der Waals surface area contributed by atoms with E-state index in [1.165, 1.54) is 22.9 Å². The zero-order valence-electron chi connectivity index (χ0n) is 16.0. The molecule has 3 aromatic heterocycles. The highest BCUT2D eigenvalue weighted by molar-refractivity contribution is 7.93. The number of aromatic hydroxyl groups is 1. The van der Waals surface area contributed by atoms with Crippen LogP contribution in [0, 0.1) is 5.41 Å². The Morgan fingerprint density at radius 3 is 2.77 bits per heavy atom. The summed E-state index contributed by atoms with van der Waals surface area (Å²) in [6.45, 7) is 0. The van der Waals surface area contributed by atoms with Crippen LogP contribution in [-0.4, -0.2) is 43.3 Å². The summed E-state index contributed by atoms with van der Waals surface area (Å²) in [6.07, 6.45) is 4.29. The van der Waals surface area contributed by atoms with Crippen molar-refractivity contribution in [2.24, 2.45) is 0 Å². The fourth-order valence-electron chi connectivity index (χ4n) is 3.25. The topological polar surface area (TPSA) is 169 Å². The summed E-state index contributed by atoms with van der Waals surface area (Å²) in [6, 6.07) is 8.32. The molecule has 1 aliphatic carbocycles. The van der Waals surface area contributed by atoms with Crippen molar-refractivity contribution in [3.05, 3.63) is 63.4 Å². The first-order chi connectivity index (χ1) is 14.8. The number of fused-ring (bicyclic) bond motifs is 1. The lowest BCUT2D eigenvalue weighted by atomic mass is 10.1. The van der Waals surface area contributed by atoms with E-state index in [4.69, 9.17) is 5.41 Å². The number of benzene rings is 1. The van der Waals surface area contributed by atoms with Crippen molar-refractivity contribution in [2.75, 3.05) is 4.72 Å². The SMILES string of the molecule is N=c1cc(-c2cccc(NS(=O)(=O)C3CC3)c2)nc2c(=Cc3[nH]c(=O)[nH]c3O)cnn12. The van der Waals surface area contributed by atoms with Gasteiger partial charge in [-0.3, -0.25) is 15.1 Å². The van der Waals surface area contributed by atoms with Gasteiger partial charge in [0, 0.05) is 22.5 Å². The van der Waals surface area contributed by atoms with Crippen LogP contribution in [0.4, 0.5) is 5.69 Å². The van der Waals surface area contributed by atoms with Crippen molar-refractivity contribution in [3.8, 4) is 17.1 Å². The van der Waals surface area contributed by atoms with Crippen molar-refractivity contribution in [2.45, 2.75) is 18.1 Å². The summed E-state index contributed by atoms with van der Waals surface area (Å²) in [4.78, 5) is 20.6. The summed E-state index contributed by atoms with van der Waals surface area (Å²) in [5.41, 5.74) is 1.51. The van der Waals surface area contributed by atoms with E-state index in [0.29, 0.717) is 40.7 Å². The van der Waals surface area contributed by atoms with Crippen LogP contribution in [0.2, 0.25) is 0 Å². The largest absolute Gasteiger partial charge is 0.493 e. The van der Waals surface area contributed by atoms with Gasteiger partial charge in [-0.15, -0.1) is 0 Å². The molecule has 0 atom stereocenters. The number of nitrogens with one attached hydrogen (secondary N) is 4. The molecule has 0 unspecified atom stereocenters. The molecule has 0 aliphatic heterocycles. The van der Waals surface area contributed by atoms with Crippen molar-refractivity contribution in [1.29, 1.82) is 5.41 Å². The molecule has 0 radical (unpaired) electrons. The fourth-order valence-corrected chi connectivity index (χ4v) is 4.62. The van der Waals surface area contributed by atoms with Gasteiger partial charge in [0.25, 0.3) is 0 Å². The van der Waals surface area contributed by atoms with E-state index in [2.05, 4.69) is 24.8 Å². The molecule has 158 valence electrons. The summed E-state index contributed by atoms with van der Waals surface area (Å²) in [7, 11) is -3.40. The highest BCUT2D eigenvalue weighted by Gasteiger charge is 2.35. The van der Waals surface area contributed by atoms with Crippen LogP contribution in [0.1, 0.15) is 18.5 Å². The van der Waals surface area contributed by atoms with E-state index in [-0.39, 0.29) is 22.3 Å². The van der Waals surface area contributed by atoms with Gasteiger partial charge in [-0.2, -0.15) is 9.61 Å². The lowest BCUT2D eigenvalue weighted by molar-refractivity contribution is 0.454. The molecular formula is C19H17N7O4S. The first-order valence-corrected chi connectivity index (χ1v) is 10.9. The van der Waals surface area contributed by atoms with E-state index in [1.807, 2.05) is 0 Å². The molecule has 4 aromatic rings. The average molecular weight is 439 g/mol. The number of anilines is 1. The molecule has 11 nitrogen and oxygen atoms in total. The third kappa shape index (κ3) is 3.57. The molecule has 5 N–H and O–H groups in total. The Morgan fingerprint density at radius 2 is 2.06 bits per heavy atom. The molecule has 0 saturated heterocycles. The third-order valence-electron chi connectivity index (χ3n) is 4.92. The van der Waals surface area contributed by atoms with Gasteiger partial charge in [-0.05, 0) is 31.1 Å². The van der Waals surface area contributed by atoms with Crippen molar-refractivity contribution < 1.29 is 13.5 Å². The zero-order valence-corrected chi connectivity index (χ0v) is 16.8. The van der Waals surface area contributed by atoms with E-state index in [1.54, 1.807) is 24.3 Å². The van der Waals surface area contributed by atoms with Crippen LogP contribution in [0.5, 0.6) is 5.88 Å². The Hall–Kier alpha value is -3.93. The van der Waals surface area contributed by atoms with Gasteiger partial charge in [0.15, 0.2) is 11.1 Å². The van der Waals surface area contributed by atoms with Crippen LogP contribution in [-0.2, 0) is 10.0 Å². The number of rotatable bonds is 5. The molecule has 5 rings (SSSR count). The number of sulfonamides is 1. The number of H-pyrrole nitrogens is 2. The van der Waals surface area contributed by atoms with E-state index < -0.39 is 15.7 Å². The van der Waals surface area contributed by atoms with Crippen molar-refractivity contribution in [1.82, 2.24) is 24.6 Å². The highest BCUT2D eigenvalue weighted by atomic mass is 32.2. The molecule has 0 spiro atoms. The summed E-state index contributed by atoms with van der Waals surface area (Å²) in [5, 5.41) is 22.3. The molecule has 1 aromatic carbocycles. The van der Waals surface area contributed by atoms with Gasteiger partial charge >= 0.3 is 5.69 Å². The fraction of sp³-hybridized carbons (Fsp3) is 0.158. The van der Waals surface area contributed by atoms with Gasteiger partial charge in [-0.1, -0.05) is 12.1 Å². The highest BCUT2D eigenvalue weighted by Crippen LogP contribution is 2.30. The quantitative estimate of drug-likeness (QED) is 0.294. The van der Waals surface area contributed by atoms with Crippen molar-refractivity contribution >= 4 is 27.4 Å². The smallest absolute Gasteiger partial charge is 0.326 e. The van der Waals surface area contributed by atoms with Crippen LogP contribution >= 0.6 is 0 Å². The van der Waals surface area contributed by atoms with Crippen LogP contribution in [0.15, 0.2) is 41.3 Å². The monoisotopic (exact) mass is 439 g/mol. The molecule has 0 amide bonds. The minimum Gasteiger partial charge on any atom is -0.493 e. The second kappa shape index (κ2) is 6.80. The normalized spacial score (nSPS) is 14.9. The molecule has 3 heterocycles. The molecule has 1 saturated carbocycles. The zero-order chi connectivity index (χ0) is 21.8. The third-order valence-corrected chi connectivity index (χ3v) is 6.79. The van der Waals surface area contributed by atoms with Gasteiger partial charge in [0.1, 0.15) is 5.69 Å². The first-order valence-electron chi connectivity index (χ1n) is 9.38.